The minimum absolute atomic E-state index is 0.467. The summed E-state index contributed by atoms with van der Waals surface area (Å²) in [5.74, 6) is 0. The summed E-state index contributed by atoms with van der Waals surface area (Å²) in [6.07, 6.45) is 4.93. The second kappa shape index (κ2) is 6.40. The Morgan fingerprint density at radius 2 is 2.16 bits per heavy atom. The van der Waals surface area contributed by atoms with Gasteiger partial charge in [0.05, 0.1) is 29.0 Å². The number of hydrogen-bond donors (Lipinski definition) is 0. The monoisotopic (exact) mass is 280 g/mol. The van der Waals surface area contributed by atoms with E-state index in [2.05, 4.69) is 23.0 Å². The summed E-state index contributed by atoms with van der Waals surface area (Å²) >= 11 is 6.35. The van der Waals surface area contributed by atoms with Crippen molar-refractivity contribution in [2.24, 2.45) is 0 Å². The van der Waals surface area contributed by atoms with Gasteiger partial charge in [0.15, 0.2) is 0 Å². The fourth-order valence-corrected chi connectivity index (χ4v) is 3.08. The fraction of sp³-hybridized carbons (Fsp3) is 0.714. The van der Waals surface area contributed by atoms with Crippen molar-refractivity contribution in [3.63, 3.8) is 0 Å². The van der Waals surface area contributed by atoms with Crippen molar-refractivity contribution in [2.45, 2.75) is 58.7 Å². The SMILES string of the molecule is CCn1nc(C)c(Cl)c1CN(CC#N)C1CCCC1. The average Bonchev–Trinajstić information content (AvgIpc) is 3.01. The molecule has 5 heteroatoms. The summed E-state index contributed by atoms with van der Waals surface area (Å²) in [4.78, 5) is 2.25. The first kappa shape index (κ1) is 14.4. The van der Waals surface area contributed by atoms with E-state index in [4.69, 9.17) is 16.9 Å². The van der Waals surface area contributed by atoms with Gasteiger partial charge in [0.25, 0.3) is 0 Å². The van der Waals surface area contributed by atoms with Crippen LogP contribution < -0.4 is 0 Å². The van der Waals surface area contributed by atoms with Crippen molar-refractivity contribution in [3.8, 4) is 6.07 Å². The first-order chi connectivity index (χ1) is 9.17. The second-order valence-electron chi connectivity index (χ2n) is 5.16. The summed E-state index contributed by atoms with van der Waals surface area (Å²) in [6, 6.07) is 2.81. The van der Waals surface area contributed by atoms with Crippen molar-refractivity contribution >= 4 is 11.6 Å². The molecule has 1 aliphatic carbocycles. The van der Waals surface area contributed by atoms with Crippen LogP contribution in [0, 0.1) is 18.3 Å². The maximum absolute atomic E-state index is 9.03. The van der Waals surface area contributed by atoms with Gasteiger partial charge in [-0.25, -0.2) is 0 Å². The Morgan fingerprint density at radius 1 is 1.47 bits per heavy atom. The maximum atomic E-state index is 9.03. The van der Waals surface area contributed by atoms with Crippen LogP contribution in [-0.2, 0) is 13.1 Å². The van der Waals surface area contributed by atoms with E-state index >= 15 is 0 Å². The van der Waals surface area contributed by atoms with Crippen LogP contribution in [0.3, 0.4) is 0 Å². The predicted molar refractivity (Wildman–Crippen MR) is 75.9 cm³/mol. The highest BCUT2D eigenvalue weighted by Gasteiger charge is 2.25. The van der Waals surface area contributed by atoms with Crippen molar-refractivity contribution < 1.29 is 0 Å². The smallest absolute Gasteiger partial charge is 0.0871 e. The van der Waals surface area contributed by atoms with E-state index in [9.17, 15) is 0 Å². The molecule has 0 aromatic carbocycles. The van der Waals surface area contributed by atoms with E-state index in [1.807, 2.05) is 11.6 Å². The summed E-state index contributed by atoms with van der Waals surface area (Å²) in [6.45, 7) is 6.01. The number of halogens is 1. The Labute approximate surface area is 120 Å². The molecule has 1 aromatic rings. The molecule has 104 valence electrons. The molecule has 0 radical (unpaired) electrons. The number of nitrogens with zero attached hydrogens (tertiary/aromatic N) is 4. The van der Waals surface area contributed by atoms with E-state index in [0.29, 0.717) is 12.6 Å². The van der Waals surface area contributed by atoms with E-state index < -0.39 is 0 Å². The Bertz CT molecular complexity index is 469. The summed E-state index contributed by atoms with van der Waals surface area (Å²) < 4.78 is 1.96. The first-order valence-corrected chi connectivity index (χ1v) is 7.38. The lowest BCUT2D eigenvalue weighted by Gasteiger charge is -2.26. The largest absolute Gasteiger partial charge is 0.282 e. The predicted octanol–water partition coefficient (Wildman–Crippen LogP) is 3.13. The third-order valence-electron chi connectivity index (χ3n) is 3.92. The standard InChI is InChI=1S/C14H21ClN4/c1-3-19-13(14(15)11(2)17-19)10-18(9-8-16)12-6-4-5-7-12/h12H,3-7,9-10H2,1-2H3. The molecule has 4 nitrogen and oxygen atoms in total. The van der Waals surface area contributed by atoms with Crippen LogP contribution in [-0.4, -0.2) is 27.3 Å². The van der Waals surface area contributed by atoms with Gasteiger partial charge in [-0.15, -0.1) is 0 Å². The van der Waals surface area contributed by atoms with E-state index in [1.165, 1.54) is 25.7 Å². The molecule has 1 saturated carbocycles. The minimum Gasteiger partial charge on any atom is -0.282 e. The van der Waals surface area contributed by atoms with Gasteiger partial charge in [-0.1, -0.05) is 24.4 Å². The van der Waals surface area contributed by atoms with Gasteiger partial charge in [0.1, 0.15) is 0 Å². The highest BCUT2D eigenvalue weighted by Crippen LogP contribution is 2.27. The number of aromatic nitrogens is 2. The molecule has 0 spiro atoms. The van der Waals surface area contributed by atoms with E-state index in [-0.39, 0.29) is 0 Å². The van der Waals surface area contributed by atoms with Crippen LogP contribution in [0.1, 0.15) is 44.0 Å². The molecule has 2 rings (SSSR count). The van der Waals surface area contributed by atoms with Crippen LogP contribution in [0.5, 0.6) is 0 Å². The molecular formula is C14H21ClN4. The van der Waals surface area contributed by atoms with Crippen molar-refractivity contribution in [3.05, 3.63) is 16.4 Å². The molecule has 0 bridgehead atoms. The summed E-state index contributed by atoms with van der Waals surface area (Å²) in [7, 11) is 0. The topological polar surface area (TPSA) is 44.9 Å². The molecule has 1 aliphatic rings. The third-order valence-corrected chi connectivity index (χ3v) is 4.41. The molecule has 1 fully saturated rings. The van der Waals surface area contributed by atoms with Crippen LogP contribution in [0.25, 0.3) is 0 Å². The summed E-state index contributed by atoms with van der Waals surface area (Å²) in [5, 5.41) is 14.2. The Balaban J connectivity index is 2.19. The first-order valence-electron chi connectivity index (χ1n) is 7.00. The van der Waals surface area contributed by atoms with Gasteiger partial charge in [-0.2, -0.15) is 10.4 Å². The van der Waals surface area contributed by atoms with Crippen molar-refractivity contribution in [1.82, 2.24) is 14.7 Å². The highest BCUT2D eigenvalue weighted by molar-refractivity contribution is 6.31. The molecule has 0 unspecified atom stereocenters. The van der Waals surface area contributed by atoms with Gasteiger partial charge >= 0.3 is 0 Å². The van der Waals surface area contributed by atoms with E-state index in [1.54, 1.807) is 0 Å². The average molecular weight is 281 g/mol. The molecule has 0 saturated heterocycles. The van der Waals surface area contributed by atoms with Crippen molar-refractivity contribution in [2.75, 3.05) is 6.54 Å². The van der Waals surface area contributed by atoms with Gasteiger partial charge in [-0.05, 0) is 26.7 Å². The molecule has 0 aliphatic heterocycles. The minimum atomic E-state index is 0.467. The molecule has 0 atom stereocenters. The zero-order valence-corrected chi connectivity index (χ0v) is 12.4. The highest BCUT2D eigenvalue weighted by atomic mass is 35.5. The Morgan fingerprint density at radius 3 is 2.74 bits per heavy atom. The number of rotatable bonds is 5. The Hall–Kier alpha value is -1.05. The maximum Gasteiger partial charge on any atom is 0.0871 e. The third kappa shape index (κ3) is 3.10. The number of hydrogen-bond acceptors (Lipinski definition) is 3. The Kier molecular flexibility index (Phi) is 4.84. The van der Waals surface area contributed by atoms with Gasteiger partial charge in [0.2, 0.25) is 0 Å². The van der Waals surface area contributed by atoms with Crippen LogP contribution in [0.2, 0.25) is 5.02 Å². The fourth-order valence-electron chi connectivity index (χ4n) is 2.89. The number of aryl methyl sites for hydroxylation is 2. The number of nitriles is 1. The van der Waals surface area contributed by atoms with Gasteiger partial charge in [-0.3, -0.25) is 9.58 Å². The molecule has 1 aromatic heterocycles. The van der Waals surface area contributed by atoms with Crippen LogP contribution >= 0.6 is 11.6 Å². The second-order valence-corrected chi connectivity index (χ2v) is 5.54. The molecule has 0 amide bonds. The lowest BCUT2D eigenvalue weighted by molar-refractivity contribution is 0.208. The van der Waals surface area contributed by atoms with Crippen LogP contribution in [0.15, 0.2) is 0 Å². The van der Waals surface area contributed by atoms with Crippen molar-refractivity contribution in [1.29, 1.82) is 5.26 Å². The van der Waals surface area contributed by atoms with Gasteiger partial charge in [0, 0.05) is 19.1 Å². The molecule has 1 heterocycles. The molecular weight excluding hydrogens is 260 g/mol. The van der Waals surface area contributed by atoms with E-state index in [0.717, 1.165) is 29.5 Å². The molecule has 0 N–H and O–H groups in total. The normalized spacial score (nSPS) is 16.2. The van der Waals surface area contributed by atoms with Crippen LogP contribution in [0.4, 0.5) is 0 Å². The lowest BCUT2D eigenvalue weighted by atomic mass is 10.2. The molecule has 19 heavy (non-hydrogen) atoms. The zero-order valence-electron chi connectivity index (χ0n) is 11.7. The summed E-state index contributed by atoms with van der Waals surface area (Å²) in [5.41, 5.74) is 1.92. The quantitative estimate of drug-likeness (QED) is 0.779. The van der Waals surface area contributed by atoms with Gasteiger partial charge < -0.3 is 0 Å². The zero-order chi connectivity index (χ0) is 13.8. The lowest BCUT2D eigenvalue weighted by Crippen LogP contribution is -2.34.